The molecule has 1 atom stereocenters. The molecular weight excluding hydrogens is 559 g/mol. The number of hydrogen-bond acceptors (Lipinski definition) is 6. The van der Waals surface area contributed by atoms with Gasteiger partial charge in [0.1, 0.15) is 16.5 Å². The molecule has 8 nitrogen and oxygen atoms in total. The van der Waals surface area contributed by atoms with Crippen LogP contribution >= 0.6 is 0 Å². The SMILES string of the molecule is C=S(C)(=O)Cc1ccc2c(c1)S(=O)(=O)N=C(c1c([O-])n3cc(F)ccc3c(Cc3ccc(F)cc3)c1=O)N2.[Na+]. The number of benzene rings is 2. The van der Waals surface area contributed by atoms with E-state index < -0.39 is 53.9 Å². The molecule has 0 fully saturated rings. The maximum atomic E-state index is 14.1. The number of aromatic nitrogens is 1. The van der Waals surface area contributed by atoms with Crippen molar-refractivity contribution in [2.24, 2.45) is 4.40 Å². The van der Waals surface area contributed by atoms with Gasteiger partial charge in [-0.1, -0.05) is 18.2 Å². The summed E-state index contributed by atoms with van der Waals surface area (Å²) in [6.45, 7) is 0. The second-order valence-corrected chi connectivity index (χ2v) is 13.3. The van der Waals surface area contributed by atoms with Crippen molar-refractivity contribution in [2.45, 2.75) is 17.1 Å². The van der Waals surface area contributed by atoms with Crippen molar-refractivity contribution in [2.75, 3.05) is 11.6 Å². The molecule has 0 saturated carbocycles. The van der Waals surface area contributed by atoms with Crippen molar-refractivity contribution < 1.29 is 56.1 Å². The van der Waals surface area contributed by atoms with Gasteiger partial charge in [0.2, 0.25) is 0 Å². The van der Waals surface area contributed by atoms with Gasteiger partial charge in [0, 0.05) is 30.2 Å². The summed E-state index contributed by atoms with van der Waals surface area (Å²) >= 11 is 0. The Morgan fingerprint density at radius 3 is 2.36 bits per heavy atom. The molecule has 2 aromatic carbocycles. The van der Waals surface area contributed by atoms with Gasteiger partial charge in [-0.2, -0.15) is 8.42 Å². The molecule has 196 valence electrons. The number of rotatable bonds is 5. The van der Waals surface area contributed by atoms with Crippen molar-refractivity contribution >= 4 is 42.5 Å². The minimum absolute atomic E-state index is 0. The third kappa shape index (κ3) is 5.80. The smallest absolute Gasteiger partial charge is 0.859 e. The molecule has 1 unspecified atom stereocenters. The van der Waals surface area contributed by atoms with Crippen molar-refractivity contribution in [1.82, 2.24) is 4.40 Å². The van der Waals surface area contributed by atoms with E-state index in [1.54, 1.807) is 6.07 Å². The summed E-state index contributed by atoms with van der Waals surface area (Å²) in [5.41, 5.74) is -0.122. The zero-order valence-corrected chi connectivity index (χ0v) is 24.5. The third-order valence-corrected chi connectivity index (χ3v) is 8.21. The van der Waals surface area contributed by atoms with Crippen LogP contribution in [0.5, 0.6) is 5.88 Å². The molecule has 4 aromatic rings. The summed E-state index contributed by atoms with van der Waals surface area (Å²) in [5, 5.41) is 16.1. The fourth-order valence-corrected chi connectivity index (χ4v) is 6.37. The van der Waals surface area contributed by atoms with Crippen LogP contribution in [-0.4, -0.2) is 35.0 Å². The number of fused-ring (bicyclic) bond motifs is 2. The summed E-state index contributed by atoms with van der Waals surface area (Å²) in [5.74, 6) is 0.929. The summed E-state index contributed by atoms with van der Waals surface area (Å²) < 4.78 is 70.5. The van der Waals surface area contributed by atoms with Gasteiger partial charge in [-0.25, -0.2) is 8.78 Å². The molecule has 0 bridgehead atoms. The summed E-state index contributed by atoms with van der Waals surface area (Å²) in [6.07, 6.45) is 2.31. The Kier molecular flexibility index (Phi) is 7.80. The van der Waals surface area contributed by atoms with E-state index in [1.165, 1.54) is 48.7 Å². The van der Waals surface area contributed by atoms with Crippen LogP contribution in [0.25, 0.3) is 5.52 Å². The molecule has 0 spiro atoms. The molecule has 1 aliphatic heterocycles. The summed E-state index contributed by atoms with van der Waals surface area (Å²) in [6, 6.07) is 12.0. The van der Waals surface area contributed by atoms with E-state index in [1.807, 2.05) is 0 Å². The Balaban J connectivity index is 0.00000353. The second kappa shape index (κ2) is 10.5. The fourth-order valence-electron chi connectivity index (χ4n) is 4.31. The molecule has 3 heterocycles. The largest absolute Gasteiger partial charge is 1.00 e. The Labute approximate surface area is 245 Å². The number of pyridine rings is 2. The Hall–Kier alpha value is -3.03. The third-order valence-electron chi connectivity index (χ3n) is 5.95. The Morgan fingerprint density at radius 1 is 1.05 bits per heavy atom. The van der Waals surface area contributed by atoms with E-state index >= 15 is 0 Å². The number of hydrogen-bond donors (Lipinski definition) is 1. The maximum Gasteiger partial charge on any atom is 1.00 e. The van der Waals surface area contributed by atoms with Gasteiger partial charge in [0.15, 0.2) is 11.3 Å². The molecule has 0 radical (unpaired) electrons. The van der Waals surface area contributed by atoms with Crippen LogP contribution in [0.3, 0.4) is 0 Å². The average Bonchev–Trinajstić information content (AvgIpc) is 2.82. The van der Waals surface area contributed by atoms with E-state index in [2.05, 4.69) is 15.6 Å². The van der Waals surface area contributed by atoms with Gasteiger partial charge < -0.3 is 14.8 Å². The Morgan fingerprint density at radius 2 is 1.69 bits per heavy atom. The first-order valence-corrected chi connectivity index (χ1v) is 14.9. The Bertz CT molecular complexity index is 1940. The standard InChI is InChI=1S/C26H21F2N3O5S2.Na/c1-37(2,34)14-16-5-9-20-22(12-16)38(35,36)30-25(29-20)23-24(32)19(11-15-3-6-17(27)7-4-15)21-10-8-18(28)13-31(21)26(23)33;/h3-10,12-13,33H,1,11,14H2,2H3,(H,29,30);/q;+1/p-1. The van der Waals surface area contributed by atoms with Crippen molar-refractivity contribution in [3.63, 3.8) is 0 Å². The molecule has 39 heavy (non-hydrogen) atoms. The first-order chi connectivity index (χ1) is 17.8. The molecule has 13 heteroatoms. The van der Waals surface area contributed by atoms with Crippen molar-refractivity contribution in [3.05, 3.63) is 105 Å². The van der Waals surface area contributed by atoms with E-state index in [-0.39, 0.29) is 63.4 Å². The fraction of sp³-hybridized carbons (Fsp3) is 0.115. The van der Waals surface area contributed by atoms with E-state index in [0.29, 0.717) is 11.1 Å². The zero-order valence-electron chi connectivity index (χ0n) is 20.9. The second-order valence-electron chi connectivity index (χ2n) is 9.09. The van der Waals surface area contributed by atoms with Crippen LogP contribution in [0, 0.1) is 11.6 Å². The summed E-state index contributed by atoms with van der Waals surface area (Å²) in [4.78, 5) is 13.4. The first kappa shape index (κ1) is 29.0. The van der Waals surface area contributed by atoms with E-state index in [9.17, 15) is 31.3 Å². The number of anilines is 1. The van der Waals surface area contributed by atoms with Crippen LogP contribution < -0.4 is 45.4 Å². The minimum Gasteiger partial charge on any atom is -0.859 e. The van der Waals surface area contributed by atoms with Crippen LogP contribution in [0.4, 0.5) is 14.5 Å². The number of sulfonamides is 1. The van der Waals surface area contributed by atoms with Crippen LogP contribution in [0.2, 0.25) is 0 Å². The number of nitrogens with zero attached hydrogens (tertiary/aromatic N) is 2. The molecule has 2 aromatic heterocycles. The molecule has 0 aliphatic carbocycles. The van der Waals surface area contributed by atoms with E-state index in [4.69, 9.17) is 0 Å². The van der Waals surface area contributed by atoms with Gasteiger partial charge in [-0.3, -0.25) is 9.00 Å². The van der Waals surface area contributed by atoms with Crippen molar-refractivity contribution in [3.8, 4) is 5.88 Å². The molecule has 1 aliphatic rings. The molecule has 1 N–H and O–H groups in total. The molecular formula is C26H20F2N3NaO5S2. The molecule has 0 saturated heterocycles. The zero-order chi connectivity index (χ0) is 27.4. The normalized spacial score (nSPS) is 15.4. The average molecular weight is 580 g/mol. The maximum absolute atomic E-state index is 14.1. The van der Waals surface area contributed by atoms with Gasteiger partial charge >= 0.3 is 29.6 Å². The van der Waals surface area contributed by atoms with Crippen molar-refractivity contribution in [1.29, 1.82) is 0 Å². The van der Waals surface area contributed by atoms with Crippen LogP contribution in [0.1, 0.15) is 22.3 Å². The first-order valence-electron chi connectivity index (χ1n) is 11.2. The van der Waals surface area contributed by atoms with E-state index in [0.717, 1.165) is 16.7 Å². The number of nitrogens with one attached hydrogen (secondary N) is 1. The van der Waals surface area contributed by atoms with Crippen LogP contribution in [-0.2, 0) is 31.7 Å². The quantitative estimate of drug-likeness (QED) is 0.255. The summed E-state index contributed by atoms with van der Waals surface area (Å²) in [7, 11) is -6.83. The predicted octanol–water partition coefficient (Wildman–Crippen LogP) is -0.347. The monoisotopic (exact) mass is 579 g/mol. The van der Waals surface area contributed by atoms with Crippen LogP contribution in [0.15, 0.2) is 74.9 Å². The van der Waals surface area contributed by atoms with Gasteiger partial charge in [-0.05, 0) is 68.8 Å². The van der Waals surface area contributed by atoms with Gasteiger partial charge in [0.25, 0.3) is 10.0 Å². The van der Waals surface area contributed by atoms with Gasteiger partial charge in [-0.15, -0.1) is 4.40 Å². The number of amidine groups is 1. The minimum atomic E-state index is -4.38. The topological polar surface area (TPSA) is 120 Å². The molecule has 0 amide bonds. The molecule has 5 rings (SSSR count). The number of halogens is 2. The van der Waals surface area contributed by atoms with Gasteiger partial charge in [0.05, 0.1) is 16.8 Å². The predicted molar refractivity (Wildman–Crippen MR) is 141 cm³/mol.